The van der Waals surface area contributed by atoms with Gasteiger partial charge in [0.25, 0.3) is 0 Å². The van der Waals surface area contributed by atoms with Gasteiger partial charge in [0, 0.05) is 6.61 Å². The van der Waals surface area contributed by atoms with Crippen molar-refractivity contribution in [1.29, 1.82) is 0 Å². The van der Waals surface area contributed by atoms with E-state index in [0.717, 1.165) is 12.5 Å². The SMILES string of the molecule is CC[Si](CC)(CC)O[Si](CC)(CC)CCCOC(CO)CO. The van der Waals surface area contributed by atoms with E-state index in [9.17, 15) is 0 Å². The van der Waals surface area contributed by atoms with Crippen molar-refractivity contribution in [1.82, 2.24) is 0 Å². The molecule has 0 spiro atoms. The van der Waals surface area contributed by atoms with Crippen LogP contribution in [0.5, 0.6) is 0 Å². The first-order chi connectivity index (χ1) is 10.5. The third kappa shape index (κ3) is 6.80. The molecule has 4 nitrogen and oxygen atoms in total. The molecule has 0 atom stereocenters. The summed E-state index contributed by atoms with van der Waals surface area (Å²) in [4.78, 5) is 0. The molecule has 0 heterocycles. The van der Waals surface area contributed by atoms with Crippen LogP contribution in [0, 0.1) is 0 Å². The Labute approximate surface area is 139 Å². The molecular formula is C16H38O4Si2. The van der Waals surface area contributed by atoms with Gasteiger partial charge in [-0.05, 0) is 42.7 Å². The molecule has 2 N–H and O–H groups in total. The molecule has 22 heavy (non-hydrogen) atoms. The lowest BCUT2D eigenvalue weighted by Crippen LogP contribution is -2.50. The molecule has 6 heteroatoms. The molecule has 0 aliphatic carbocycles. The van der Waals surface area contributed by atoms with E-state index in [-0.39, 0.29) is 13.2 Å². The number of ether oxygens (including phenoxy) is 1. The van der Waals surface area contributed by atoms with E-state index in [1.165, 1.54) is 30.2 Å². The second-order valence-electron chi connectivity index (χ2n) is 6.20. The Kier molecular flexibility index (Phi) is 11.9. The van der Waals surface area contributed by atoms with Crippen LogP contribution in [0.1, 0.15) is 41.0 Å². The van der Waals surface area contributed by atoms with Crippen molar-refractivity contribution in [2.45, 2.75) is 83.4 Å². The maximum absolute atomic E-state index is 9.03. The van der Waals surface area contributed by atoms with Crippen molar-refractivity contribution in [2.75, 3.05) is 19.8 Å². The van der Waals surface area contributed by atoms with Gasteiger partial charge in [-0.2, -0.15) is 0 Å². The summed E-state index contributed by atoms with van der Waals surface area (Å²) in [5.74, 6) is 0. The Bertz CT molecular complexity index is 257. The van der Waals surface area contributed by atoms with Crippen LogP contribution < -0.4 is 0 Å². The summed E-state index contributed by atoms with van der Waals surface area (Å²) in [6.07, 6.45) is 0.530. The van der Waals surface area contributed by atoms with Crippen molar-refractivity contribution in [3.8, 4) is 0 Å². The molecule has 0 fully saturated rings. The molecule has 0 aromatic heterocycles. The average molecular weight is 351 g/mol. The molecule has 0 saturated heterocycles. The quantitative estimate of drug-likeness (QED) is 0.370. The first-order valence-corrected chi connectivity index (χ1v) is 14.1. The largest absolute Gasteiger partial charge is 0.455 e. The van der Waals surface area contributed by atoms with Crippen LogP contribution >= 0.6 is 0 Å². The molecule has 134 valence electrons. The van der Waals surface area contributed by atoms with Crippen LogP contribution in [0.4, 0.5) is 0 Å². The Morgan fingerprint density at radius 1 is 0.773 bits per heavy atom. The lowest BCUT2D eigenvalue weighted by Gasteiger charge is -2.41. The highest BCUT2D eigenvalue weighted by molar-refractivity contribution is 6.87. The summed E-state index contributed by atoms with van der Waals surface area (Å²) in [6.45, 7) is 11.8. The van der Waals surface area contributed by atoms with Crippen LogP contribution in [0.15, 0.2) is 0 Å². The van der Waals surface area contributed by atoms with Gasteiger partial charge in [0.15, 0.2) is 16.6 Å². The monoisotopic (exact) mass is 350 g/mol. The first-order valence-electron chi connectivity index (χ1n) is 9.04. The van der Waals surface area contributed by atoms with Crippen molar-refractivity contribution in [3.05, 3.63) is 0 Å². The van der Waals surface area contributed by atoms with Crippen molar-refractivity contribution >= 4 is 16.6 Å². The first kappa shape index (κ1) is 22.3. The van der Waals surface area contributed by atoms with Crippen LogP contribution in [-0.2, 0) is 8.85 Å². The van der Waals surface area contributed by atoms with Crippen LogP contribution in [0.3, 0.4) is 0 Å². The number of aliphatic hydroxyl groups excluding tert-OH is 2. The normalized spacial score (nSPS) is 13.1. The standard InChI is InChI=1S/C16H38O4Si2/c1-6-21(7-2,8-3)20-22(9-4,10-5)13-11-12-19-16(14-17)15-18/h16-18H,6-15H2,1-5H3. The van der Waals surface area contributed by atoms with Crippen LogP contribution in [0.2, 0.25) is 36.3 Å². The molecule has 0 aliphatic heterocycles. The van der Waals surface area contributed by atoms with Crippen LogP contribution in [-0.4, -0.2) is 52.8 Å². The molecular weight excluding hydrogens is 312 g/mol. The molecule has 0 saturated carbocycles. The second kappa shape index (κ2) is 11.8. The summed E-state index contributed by atoms with van der Waals surface area (Å²) in [6, 6.07) is 7.09. The van der Waals surface area contributed by atoms with Gasteiger partial charge in [0.05, 0.1) is 13.2 Å². The zero-order valence-corrected chi connectivity index (χ0v) is 17.4. The minimum absolute atomic E-state index is 0.116. The molecule has 0 bridgehead atoms. The highest BCUT2D eigenvalue weighted by atomic mass is 28.4. The number of hydrogen-bond acceptors (Lipinski definition) is 4. The van der Waals surface area contributed by atoms with Gasteiger partial charge in [-0.15, -0.1) is 0 Å². The second-order valence-corrected chi connectivity index (χ2v) is 15.8. The Morgan fingerprint density at radius 2 is 1.23 bits per heavy atom. The fourth-order valence-electron chi connectivity index (χ4n) is 3.03. The average Bonchev–Trinajstić information content (AvgIpc) is 2.58. The molecule has 0 rings (SSSR count). The van der Waals surface area contributed by atoms with Gasteiger partial charge in [0.2, 0.25) is 0 Å². The molecule has 0 aromatic carbocycles. The highest BCUT2D eigenvalue weighted by Crippen LogP contribution is 2.33. The summed E-state index contributed by atoms with van der Waals surface area (Å²) in [5, 5.41) is 18.1. The lowest BCUT2D eigenvalue weighted by molar-refractivity contribution is -0.0194. The van der Waals surface area contributed by atoms with Gasteiger partial charge in [-0.3, -0.25) is 0 Å². The van der Waals surface area contributed by atoms with Gasteiger partial charge in [0.1, 0.15) is 6.10 Å². The van der Waals surface area contributed by atoms with E-state index in [2.05, 4.69) is 34.6 Å². The van der Waals surface area contributed by atoms with Crippen LogP contribution in [0.25, 0.3) is 0 Å². The number of aliphatic hydroxyl groups is 2. The van der Waals surface area contributed by atoms with Gasteiger partial charge < -0.3 is 19.1 Å². The molecule has 0 aliphatic rings. The fourth-order valence-corrected chi connectivity index (χ4v) is 13.5. The topological polar surface area (TPSA) is 58.9 Å². The minimum atomic E-state index is -1.68. The Hall–Kier alpha value is 0.274. The maximum atomic E-state index is 9.03. The summed E-state index contributed by atoms with van der Waals surface area (Å²) >= 11 is 0. The zero-order valence-electron chi connectivity index (χ0n) is 15.4. The van der Waals surface area contributed by atoms with E-state index in [0.29, 0.717) is 6.61 Å². The maximum Gasteiger partial charge on any atom is 0.179 e. The van der Waals surface area contributed by atoms with Crippen molar-refractivity contribution < 1.29 is 19.1 Å². The summed E-state index contributed by atoms with van der Waals surface area (Å²) < 4.78 is 12.5. The summed E-state index contributed by atoms with van der Waals surface area (Å²) in [5.41, 5.74) is 0. The number of rotatable bonds is 14. The highest BCUT2D eigenvalue weighted by Gasteiger charge is 2.40. The van der Waals surface area contributed by atoms with E-state index < -0.39 is 22.7 Å². The van der Waals surface area contributed by atoms with Gasteiger partial charge in [-0.25, -0.2) is 0 Å². The van der Waals surface area contributed by atoms with Gasteiger partial charge >= 0.3 is 0 Å². The minimum Gasteiger partial charge on any atom is -0.455 e. The van der Waals surface area contributed by atoms with E-state index in [1.807, 2.05) is 0 Å². The third-order valence-corrected chi connectivity index (χ3v) is 16.4. The molecule has 0 radical (unpaired) electrons. The van der Waals surface area contributed by atoms with Crippen molar-refractivity contribution in [3.63, 3.8) is 0 Å². The summed E-state index contributed by atoms with van der Waals surface area (Å²) in [7, 11) is -3.23. The molecule has 0 aromatic rings. The fraction of sp³-hybridized carbons (Fsp3) is 1.00. The van der Waals surface area contributed by atoms with Crippen molar-refractivity contribution in [2.24, 2.45) is 0 Å². The lowest BCUT2D eigenvalue weighted by atomic mass is 10.4. The van der Waals surface area contributed by atoms with Gasteiger partial charge in [-0.1, -0.05) is 34.6 Å². The molecule has 0 amide bonds. The predicted molar refractivity (Wildman–Crippen MR) is 98.3 cm³/mol. The number of hydrogen-bond donors (Lipinski definition) is 2. The van der Waals surface area contributed by atoms with E-state index in [1.54, 1.807) is 0 Å². The predicted octanol–water partition coefficient (Wildman–Crippen LogP) is 3.75. The van der Waals surface area contributed by atoms with E-state index >= 15 is 0 Å². The Morgan fingerprint density at radius 3 is 1.59 bits per heavy atom. The Balaban J connectivity index is 4.61. The third-order valence-electron chi connectivity index (χ3n) is 5.19. The smallest absolute Gasteiger partial charge is 0.179 e. The van der Waals surface area contributed by atoms with E-state index in [4.69, 9.17) is 19.1 Å². The zero-order chi connectivity index (χ0) is 17.1. The molecule has 0 unspecified atom stereocenters.